The minimum absolute atomic E-state index is 0.0957. The van der Waals surface area contributed by atoms with Gasteiger partial charge in [0.05, 0.1) is 11.9 Å². The Kier molecular flexibility index (Phi) is 4.79. The van der Waals surface area contributed by atoms with E-state index in [0.717, 1.165) is 18.4 Å². The molecule has 0 radical (unpaired) electrons. The Labute approximate surface area is 136 Å². The maximum absolute atomic E-state index is 12.5. The molecule has 0 saturated carbocycles. The molecule has 1 aromatic heterocycles. The summed E-state index contributed by atoms with van der Waals surface area (Å²) in [4.78, 5) is 16.5. The third kappa shape index (κ3) is 4.04. The Hall–Kier alpha value is -2.94. The molecule has 0 unspecified atom stereocenters. The molecule has 0 saturated heterocycles. The molecule has 2 aromatic carbocycles. The topological polar surface area (TPSA) is 42.0 Å². The van der Waals surface area contributed by atoms with E-state index >= 15 is 0 Å². The quantitative estimate of drug-likeness (QED) is 0.770. The summed E-state index contributed by atoms with van der Waals surface area (Å²) in [7, 11) is 0. The normalized spacial score (nSPS) is 10.3. The summed E-state index contributed by atoms with van der Waals surface area (Å²) in [6.07, 6.45) is 5.08. The fourth-order valence-corrected chi connectivity index (χ4v) is 2.52. The van der Waals surface area contributed by atoms with E-state index in [0.29, 0.717) is 11.3 Å². The van der Waals surface area contributed by atoms with E-state index < -0.39 is 0 Å². The number of nitrogens with one attached hydrogen (secondary N) is 1. The van der Waals surface area contributed by atoms with Crippen LogP contribution < -0.4 is 5.32 Å². The summed E-state index contributed by atoms with van der Waals surface area (Å²) >= 11 is 0. The van der Waals surface area contributed by atoms with Gasteiger partial charge in [-0.15, -0.1) is 0 Å². The van der Waals surface area contributed by atoms with Crippen molar-refractivity contribution >= 4 is 11.6 Å². The average Bonchev–Trinajstić information content (AvgIpc) is 2.62. The SMILES string of the molecule is O=C(Nc1cccnc1)c1ccccc1CCc1ccccc1. The lowest BCUT2D eigenvalue weighted by Gasteiger charge is -2.10. The van der Waals surface area contributed by atoms with Gasteiger partial charge in [0.2, 0.25) is 0 Å². The average molecular weight is 302 g/mol. The third-order valence-electron chi connectivity index (χ3n) is 3.71. The van der Waals surface area contributed by atoms with E-state index in [1.165, 1.54) is 5.56 Å². The molecule has 23 heavy (non-hydrogen) atoms. The molecule has 0 atom stereocenters. The molecule has 1 N–H and O–H groups in total. The van der Waals surface area contributed by atoms with Crippen LogP contribution in [-0.2, 0) is 12.8 Å². The number of hydrogen-bond acceptors (Lipinski definition) is 2. The highest BCUT2D eigenvalue weighted by molar-refractivity contribution is 6.05. The van der Waals surface area contributed by atoms with Gasteiger partial charge in [-0.1, -0.05) is 48.5 Å². The van der Waals surface area contributed by atoms with Crippen LogP contribution in [0.2, 0.25) is 0 Å². The molecule has 0 aliphatic rings. The highest BCUT2D eigenvalue weighted by Crippen LogP contribution is 2.15. The zero-order valence-electron chi connectivity index (χ0n) is 12.8. The molecule has 0 aliphatic heterocycles. The van der Waals surface area contributed by atoms with Crippen LogP contribution in [0.5, 0.6) is 0 Å². The van der Waals surface area contributed by atoms with Gasteiger partial charge in [-0.3, -0.25) is 9.78 Å². The van der Waals surface area contributed by atoms with Gasteiger partial charge in [0.15, 0.2) is 0 Å². The number of amides is 1. The number of nitrogens with zero attached hydrogens (tertiary/aromatic N) is 1. The minimum atomic E-state index is -0.0957. The Balaban J connectivity index is 1.73. The zero-order valence-corrected chi connectivity index (χ0v) is 12.8. The number of aryl methyl sites for hydroxylation is 2. The van der Waals surface area contributed by atoms with Crippen LogP contribution in [0.4, 0.5) is 5.69 Å². The van der Waals surface area contributed by atoms with Crippen LogP contribution in [0.25, 0.3) is 0 Å². The summed E-state index contributed by atoms with van der Waals surface area (Å²) in [5, 5.41) is 2.90. The lowest BCUT2D eigenvalue weighted by molar-refractivity contribution is 0.102. The zero-order chi connectivity index (χ0) is 15.9. The summed E-state index contributed by atoms with van der Waals surface area (Å²) < 4.78 is 0. The smallest absolute Gasteiger partial charge is 0.255 e. The minimum Gasteiger partial charge on any atom is -0.321 e. The second-order valence-electron chi connectivity index (χ2n) is 5.34. The second kappa shape index (κ2) is 7.36. The van der Waals surface area contributed by atoms with E-state index in [2.05, 4.69) is 22.4 Å². The Morgan fingerprint density at radius 2 is 1.65 bits per heavy atom. The van der Waals surface area contributed by atoms with Crippen molar-refractivity contribution in [1.29, 1.82) is 0 Å². The van der Waals surface area contributed by atoms with Crippen molar-refractivity contribution in [3.05, 3.63) is 95.8 Å². The molecule has 114 valence electrons. The van der Waals surface area contributed by atoms with Gasteiger partial charge in [-0.25, -0.2) is 0 Å². The van der Waals surface area contributed by atoms with E-state index in [4.69, 9.17) is 0 Å². The van der Waals surface area contributed by atoms with Crippen LogP contribution in [-0.4, -0.2) is 10.9 Å². The molecule has 0 aliphatic carbocycles. The van der Waals surface area contributed by atoms with Gasteiger partial charge >= 0.3 is 0 Å². The molecule has 0 bridgehead atoms. The number of rotatable bonds is 5. The molecule has 0 spiro atoms. The van der Waals surface area contributed by atoms with Crippen molar-refractivity contribution in [3.8, 4) is 0 Å². The van der Waals surface area contributed by atoms with Crippen LogP contribution in [0.1, 0.15) is 21.5 Å². The van der Waals surface area contributed by atoms with Crippen molar-refractivity contribution in [2.24, 2.45) is 0 Å². The predicted molar refractivity (Wildman–Crippen MR) is 92.5 cm³/mol. The Morgan fingerprint density at radius 1 is 0.870 bits per heavy atom. The van der Waals surface area contributed by atoms with Gasteiger partial charge in [0.1, 0.15) is 0 Å². The lowest BCUT2D eigenvalue weighted by atomic mass is 9.99. The fraction of sp³-hybridized carbons (Fsp3) is 0.100. The molecule has 0 fully saturated rings. The Bertz CT molecular complexity index is 770. The van der Waals surface area contributed by atoms with Crippen LogP contribution >= 0.6 is 0 Å². The predicted octanol–water partition coefficient (Wildman–Crippen LogP) is 4.12. The van der Waals surface area contributed by atoms with Gasteiger partial charge in [-0.2, -0.15) is 0 Å². The van der Waals surface area contributed by atoms with E-state index in [9.17, 15) is 4.79 Å². The van der Waals surface area contributed by atoms with Crippen molar-refractivity contribution in [1.82, 2.24) is 4.98 Å². The molecular weight excluding hydrogens is 284 g/mol. The highest BCUT2D eigenvalue weighted by Gasteiger charge is 2.11. The molecule has 1 amide bonds. The first-order valence-electron chi connectivity index (χ1n) is 7.66. The number of carbonyl (C=O) groups is 1. The first kappa shape index (κ1) is 15.0. The first-order chi connectivity index (χ1) is 11.3. The number of carbonyl (C=O) groups excluding carboxylic acids is 1. The van der Waals surface area contributed by atoms with E-state index in [1.54, 1.807) is 18.5 Å². The number of benzene rings is 2. The summed E-state index contributed by atoms with van der Waals surface area (Å²) in [6.45, 7) is 0. The number of pyridine rings is 1. The molecule has 3 aromatic rings. The Morgan fingerprint density at radius 3 is 2.43 bits per heavy atom. The largest absolute Gasteiger partial charge is 0.321 e. The van der Waals surface area contributed by atoms with E-state index in [-0.39, 0.29) is 5.91 Å². The third-order valence-corrected chi connectivity index (χ3v) is 3.71. The summed E-state index contributed by atoms with van der Waals surface area (Å²) in [5.41, 5.74) is 3.75. The van der Waals surface area contributed by atoms with Gasteiger partial charge in [0.25, 0.3) is 5.91 Å². The van der Waals surface area contributed by atoms with Gasteiger partial charge in [0, 0.05) is 11.8 Å². The fourth-order valence-electron chi connectivity index (χ4n) is 2.52. The summed E-state index contributed by atoms with van der Waals surface area (Å²) in [5.74, 6) is -0.0957. The highest BCUT2D eigenvalue weighted by atomic mass is 16.1. The molecular formula is C20H18N2O. The van der Waals surface area contributed by atoms with Crippen LogP contribution in [0.15, 0.2) is 79.1 Å². The maximum Gasteiger partial charge on any atom is 0.255 e. The lowest BCUT2D eigenvalue weighted by Crippen LogP contribution is -2.14. The monoisotopic (exact) mass is 302 g/mol. The second-order valence-corrected chi connectivity index (χ2v) is 5.34. The van der Waals surface area contributed by atoms with Crippen LogP contribution in [0.3, 0.4) is 0 Å². The van der Waals surface area contributed by atoms with Crippen molar-refractivity contribution in [2.45, 2.75) is 12.8 Å². The van der Waals surface area contributed by atoms with Crippen LogP contribution in [0, 0.1) is 0 Å². The molecule has 3 heteroatoms. The molecule has 1 heterocycles. The summed E-state index contributed by atoms with van der Waals surface area (Å²) in [6, 6.07) is 21.7. The van der Waals surface area contributed by atoms with Crippen molar-refractivity contribution in [2.75, 3.05) is 5.32 Å². The number of hydrogen-bond donors (Lipinski definition) is 1. The van der Waals surface area contributed by atoms with Gasteiger partial charge in [-0.05, 0) is 42.2 Å². The van der Waals surface area contributed by atoms with Crippen molar-refractivity contribution < 1.29 is 4.79 Å². The number of aromatic nitrogens is 1. The van der Waals surface area contributed by atoms with Gasteiger partial charge < -0.3 is 5.32 Å². The van der Waals surface area contributed by atoms with E-state index in [1.807, 2.05) is 48.5 Å². The molecule has 3 nitrogen and oxygen atoms in total. The first-order valence-corrected chi connectivity index (χ1v) is 7.66. The maximum atomic E-state index is 12.5. The van der Waals surface area contributed by atoms with Crippen molar-refractivity contribution in [3.63, 3.8) is 0 Å². The molecule has 3 rings (SSSR count). The standard InChI is InChI=1S/C20H18N2O/c23-20(22-18-10-6-14-21-15-18)19-11-5-4-9-17(19)13-12-16-7-2-1-3-8-16/h1-11,14-15H,12-13H2,(H,22,23). The number of anilines is 1.